The highest BCUT2D eigenvalue weighted by Gasteiger charge is 2.33. The van der Waals surface area contributed by atoms with Crippen molar-refractivity contribution in [2.24, 2.45) is 7.05 Å². The molecule has 21 heavy (non-hydrogen) atoms. The second-order valence-electron chi connectivity index (χ2n) is 5.97. The van der Waals surface area contributed by atoms with E-state index in [1.54, 1.807) is 0 Å². The van der Waals surface area contributed by atoms with Crippen LogP contribution in [-0.2, 0) is 18.3 Å². The Balaban J connectivity index is 1.57. The van der Waals surface area contributed by atoms with E-state index in [4.69, 9.17) is 0 Å². The number of hydrogen-bond donors (Lipinski definition) is 1. The molecule has 0 aliphatic carbocycles. The number of nitrogens with zero attached hydrogens (tertiary/aromatic N) is 4. The van der Waals surface area contributed by atoms with E-state index >= 15 is 0 Å². The van der Waals surface area contributed by atoms with Crippen molar-refractivity contribution >= 4 is 5.91 Å². The molecule has 0 aromatic carbocycles. The molecule has 1 amide bonds. The maximum atomic E-state index is 12.7. The van der Waals surface area contributed by atoms with Crippen molar-refractivity contribution in [2.75, 3.05) is 39.3 Å². The number of nitrogens with one attached hydrogen (secondary N) is 1. The van der Waals surface area contributed by atoms with Gasteiger partial charge in [-0.25, -0.2) is 0 Å². The molecule has 2 aliphatic heterocycles. The Morgan fingerprint density at radius 2 is 2.19 bits per heavy atom. The van der Waals surface area contributed by atoms with Gasteiger partial charge >= 0.3 is 0 Å². The van der Waals surface area contributed by atoms with Gasteiger partial charge in [0.15, 0.2) is 0 Å². The average molecular weight is 291 g/mol. The first-order valence-electron chi connectivity index (χ1n) is 7.96. The van der Waals surface area contributed by atoms with Crippen LogP contribution in [0, 0.1) is 0 Å². The van der Waals surface area contributed by atoms with Crippen LogP contribution in [0.15, 0.2) is 12.3 Å². The molecule has 1 unspecified atom stereocenters. The third-order valence-corrected chi connectivity index (χ3v) is 4.66. The zero-order valence-corrected chi connectivity index (χ0v) is 12.8. The smallest absolute Gasteiger partial charge is 0.240 e. The van der Waals surface area contributed by atoms with E-state index in [1.165, 1.54) is 5.69 Å². The summed E-state index contributed by atoms with van der Waals surface area (Å²) in [6.45, 7) is 5.54. The fraction of sp³-hybridized carbons (Fsp3) is 0.733. The Bertz CT molecular complexity index is 480. The largest absolute Gasteiger partial charge is 0.339 e. The molecule has 3 heterocycles. The first kappa shape index (κ1) is 14.5. The minimum Gasteiger partial charge on any atom is -0.339 e. The number of aromatic nitrogens is 2. The van der Waals surface area contributed by atoms with Crippen LogP contribution in [0.4, 0.5) is 0 Å². The van der Waals surface area contributed by atoms with Crippen molar-refractivity contribution in [3.63, 3.8) is 0 Å². The lowest BCUT2D eigenvalue weighted by molar-refractivity contribution is -0.136. The van der Waals surface area contributed by atoms with Crippen LogP contribution in [0.5, 0.6) is 0 Å². The topological polar surface area (TPSA) is 53.4 Å². The van der Waals surface area contributed by atoms with E-state index in [2.05, 4.69) is 21.4 Å². The molecule has 2 aliphatic rings. The van der Waals surface area contributed by atoms with Crippen LogP contribution in [-0.4, -0.2) is 70.8 Å². The Hall–Kier alpha value is -1.40. The summed E-state index contributed by atoms with van der Waals surface area (Å²) in [7, 11) is 1.97. The third kappa shape index (κ3) is 3.27. The molecule has 2 saturated heterocycles. The maximum Gasteiger partial charge on any atom is 0.240 e. The van der Waals surface area contributed by atoms with Crippen molar-refractivity contribution in [1.82, 2.24) is 24.9 Å². The lowest BCUT2D eigenvalue weighted by Crippen LogP contribution is -2.52. The Morgan fingerprint density at radius 1 is 1.38 bits per heavy atom. The number of amides is 1. The Labute approximate surface area is 126 Å². The molecular weight excluding hydrogens is 266 g/mol. The number of likely N-dealkylation sites (tertiary alicyclic amines) is 1. The second-order valence-corrected chi connectivity index (χ2v) is 5.97. The third-order valence-electron chi connectivity index (χ3n) is 4.66. The number of carbonyl (C=O) groups excluding carboxylic acids is 1. The van der Waals surface area contributed by atoms with Gasteiger partial charge in [0.05, 0.1) is 6.04 Å². The minimum atomic E-state index is 0.0938. The van der Waals surface area contributed by atoms with Gasteiger partial charge in [-0.1, -0.05) is 0 Å². The molecule has 1 aromatic rings. The van der Waals surface area contributed by atoms with E-state index in [0.717, 1.165) is 58.5 Å². The van der Waals surface area contributed by atoms with E-state index < -0.39 is 0 Å². The van der Waals surface area contributed by atoms with Crippen molar-refractivity contribution in [3.05, 3.63) is 18.0 Å². The van der Waals surface area contributed by atoms with Crippen LogP contribution in [0.25, 0.3) is 0 Å². The fourth-order valence-electron chi connectivity index (χ4n) is 3.37. The van der Waals surface area contributed by atoms with Gasteiger partial charge in [-0.3, -0.25) is 14.4 Å². The molecular formula is C15H25N5O. The highest BCUT2D eigenvalue weighted by atomic mass is 16.2. The van der Waals surface area contributed by atoms with Crippen molar-refractivity contribution < 1.29 is 4.79 Å². The summed E-state index contributed by atoms with van der Waals surface area (Å²) in [6.07, 6.45) is 4.94. The molecule has 0 saturated carbocycles. The van der Waals surface area contributed by atoms with E-state index in [1.807, 2.05) is 22.8 Å². The highest BCUT2D eigenvalue weighted by molar-refractivity contribution is 5.82. The fourth-order valence-corrected chi connectivity index (χ4v) is 3.37. The van der Waals surface area contributed by atoms with E-state index in [-0.39, 0.29) is 6.04 Å². The monoisotopic (exact) mass is 291 g/mol. The highest BCUT2D eigenvalue weighted by Crippen LogP contribution is 2.20. The standard InChI is InChI=1S/C15H25N5O/c1-18-13(4-6-17-18)5-10-19-9-2-3-14(19)15(21)20-11-7-16-8-12-20/h4,6,14,16H,2-3,5,7-12H2,1H3. The molecule has 1 atom stereocenters. The van der Waals surface area contributed by atoms with Gasteiger partial charge in [-0.05, 0) is 25.5 Å². The van der Waals surface area contributed by atoms with Crippen molar-refractivity contribution in [3.8, 4) is 0 Å². The number of rotatable bonds is 4. The van der Waals surface area contributed by atoms with Crippen molar-refractivity contribution in [1.29, 1.82) is 0 Å². The lowest BCUT2D eigenvalue weighted by atomic mass is 10.1. The predicted molar refractivity (Wildman–Crippen MR) is 81.0 cm³/mol. The number of carbonyl (C=O) groups is 1. The normalized spacial score (nSPS) is 23.7. The van der Waals surface area contributed by atoms with Crippen LogP contribution >= 0.6 is 0 Å². The van der Waals surface area contributed by atoms with Crippen LogP contribution < -0.4 is 5.32 Å². The van der Waals surface area contributed by atoms with Gasteiger partial charge in [0.2, 0.25) is 5.91 Å². The van der Waals surface area contributed by atoms with Crippen LogP contribution in [0.3, 0.4) is 0 Å². The van der Waals surface area contributed by atoms with E-state index in [0.29, 0.717) is 5.91 Å². The lowest BCUT2D eigenvalue weighted by Gasteiger charge is -2.33. The molecule has 0 radical (unpaired) electrons. The maximum absolute atomic E-state index is 12.7. The van der Waals surface area contributed by atoms with Gasteiger partial charge in [-0.2, -0.15) is 5.10 Å². The number of piperazine rings is 1. The molecule has 0 spiro atoms. The van der Waals surface area contributed by atoms with Crippen LogP contribution in [0.1, 0.15) is 18.5 Å². The van der Waals surface area contributed by atoms with Gasteiger partial charge in [0.25, 0.3) is 0 Å². The predicted octanol–water partition coefficient (Wildman–Crippen LogP) is -0.141. The number of hydrogen-bond acceptors (Lipinski definition) is 4. The van der Waals surface area contributed by atoms with E-state index in [9.17, 15) is 4.79 Å². The molecule has 0 bridgehead atoms. The summed E-state index contributed by atoms with van der Waals surface area (Å²) in [5, 5.41) is 7.51. The molecule has 1 N–H and O–H groups in total. The van der Waals surface area contributed by atoms with Gasteiger partial charge in [0, 0.05) is 58.1 Å². The average Bonchev–Trinajstić information content (AvgIpc) is 3.14. The summed E-state index contributed by atoms with van der Waals surface area (Å²) in [4.78, 5) is 17.1. The first-order chi connectivity index (χ1) is 10.3. The van der Waals surface area contributed by atoms with Gasteiger partial charge in [-0.15, -0.1) is 0 Å². The molecule has 1 aromatic heterocycles. The van der Waals surface area contributed by atoms with Gasteiger partial charge in [0.1, 0.15) is 0 Å². The summed E-state index contributed by atoms with van der Waals surface area (Å²) in [6, 6.07) is 2.15. The minimum absolute atomic E-state index is 0.0938. The SMILES string of the molecule is Cn1nccc1CCN1CCCC1C(=O)N1CCNCC1. The quantitative estimate of drug-likeness (QED) is 0.839. The van der Waals surface area contributed by atoms with Gasteiger partial charge < -0.3 is 10.2 Å². The zero-order chi connectivity index (χ0) is 14.7. The first-order valence-corrected chi connectivity index (χ1v) is 7.96. The summed E-state index contributed by atoms with van der Waals surface area (Å²) in [5.41, 5.74) is 1.23. The summed E-state index contributed by atoms with van der Waals surface area (Å²) < 4.78 is 1.92. The summed E-state index contributed by atoms with van der Waals surface area (Å²) >= 11 is 0. The number of aryl methyl sites for hydroxylation is 1. The molecule has 6 heteroatoms. The van der Waals surface area contributed by atoms with Crippen molar-refractivity contribution in [2.45, 2.75) is 25.3 Å². The summed E-state index contributed by atoms with van der Waals surface area (Å²) in [5.74, 6) is 0.332. The molecule has 116 valence electrons. The second kappa shape index (κ2) is 6.58. The Kier molecular flexibility index (Phi) is 4.55. The molecule has 2 fully saturated rings. The van der Waals surface area contributed by atoms with Crippen LogP contribution in [0.2, 0.25) is 0 Å². The zero-order valence-electron chi connectivity index (χ0n) is 12.8. The molecule has 6 nitrogen and oxygen atoms in total. The Morgan fingerprint density at radius 3 is 2.90 bits per heavy atom. The molecule has 3 rings (SSSR count).